The largest absolute Gasteiger partial charge is 0.320 e. The molecule has 0 saturated carbocycles. The number of carbonyl (C=O) groups is 1. The van der Waals surface area contributed by atoms with Crippen LogP contribution in [-0.2, 0) is 13.0 Å². The molecule has 2 rings (SSSR count). The minimum absolute atomic E-state index is 0.125. The van der Waals surface area contributed by atoms with Crippen molar-refractivity contribution in [2.45, 2.75) is 33.7 Å². The number of nitrogens with zero attached hydrogens (tertiary/aromatic N) is 2. The van der Waals surface area contributed by atoms with Gasteiger partial charge in [0.05, 0.1) is 5.69 Å². The lowest BCUT2D eigenvalue weighted by atomic mass is 10.2. The number of halogens is 1. The minimum Gasteiger partial charge on any atom is -0.320 e. The monoisotopic (exact) mass is 335 g/mol. The summed E-state index contributed by atoms with van der Waals surface area (Å²) in [5.41, 5.74) is 3.37. The number of hydrogen-bond donors (Lipinski definition) is 1. The molecule has 0 spiro atoms. The van der Waals surface area contributed by atoms with Gasteiger partial charge in [-0.2, -0.15) is 5.10 Å². The lowest BCUT2D eigenvalue weighted by molar-refractivity contribution is 0.101. The number of benzene rings is 1. The van der Waals surface area contributed by atoms with Crippen molar-refractivity contribution in [2.24, 2.45) is 0 Å². The van der Waals surface area contributed by atoms with Gasteiger partial charge in [0.2, 0.25) is 0 Å². The number of hydrogen-bond acceptors (Lipinski definition) is 2. The number of rotatable bonds is 4. The van der Waals surface area contributed by atoms with Crippen LogP contribution in [0.2, 0.25) is 0 Å². The summed E-state index contributed by atoms with van der Waals surface area (Å²) in [7, 11) is 0. The van der Waals surface area contributed by atoms with Crippen molar-refractivity contribution >= 4 is 27.5 Å². The van der Waals surface area contributed by atoms with Crippen LogP contribution < -0.4 is 5.32 Å². The average molecular weight is 336 g/mol. The van der Waals surface area contributed by atoms with Crippen molar-refractivity contribution < 1.29 is 4.79 Å². The number of aromatic nitrogens is 2. The van der Waals surface area contributed by atoms with Gasteiger partial charge >= 0.3 is 0 Å². The Hall–Kier alpha value is -1.62. The van der Waals surface area contributed by atoms with Gasteiger partial charge in [-0.15, -0.1) is 0 Å². The van der Waals surface area contributed by atoms with E-state index in [2.05, 4.69) is 26.3 Å². The number of aryl methyl sites for hydroxylation is 3. The normalized spacial score (nSPS) is 10.6. The fourth-order valence-corrected chi connectivity index (χ4v) is 2.34. The zero-order valence-corrected chi connectivity index (χ0v) is 13.5. The van der Waals surface area contributed by atoms with Crippen LogP contribution >= 0.6 is 15.9 Å². The summed E-state index contributed by atoms with van der Waals surface area (Å²) in [6.07, 6.45) is 0.823. The SMILES string of the molecule is CCc1cc(C(=O)Nc2cc(Br)ccc2C)n(CC)n1. The Kier molecular flexibility index (Phi) is 4.60. The summed E-state index contributed by atoms with van der Waals surface area (Å²) in [4.78, 5) is 12.4. The van der Waals surface area contributed by atoms with E-state index in [9.17, 15) is 4.79 Å². The highest BCUT2D eigenvalue weighted by Gasteiger charge is 2.15. The molecule has 0 bridgehead atoms. The Morgan fingerprint density at radius 3 is 2.75 bits per heavy atom. The molecule has 0 aliphatic carbocycles. The highest BCUT2D eigenvalue weighted by Crippen LogP contribution is 2.21. The molecular weight excluding hydrogens is 318 g/mol. The van der Waals surface area contributed by atoms with Crippen LogP contribution in [-0.4, -0.2) is 15.7 Å². The van der Waals surface area contributed by atoms with Crippen LogP contribution in [0.15, 0.2) is 28.7 Å². The number of carbonyl (C=O) groups excluding carboxylic acids is 1. The third-order valence-electron chi connectivity index (χ3n) is 3.17. The average Bonchev–Trinajstić information content (AvgIpc) is 2.86. The summed E-state index contributed by atoms with van der Waals surface area (Å²) in [6, 6.07) is 7.68. The van der Waals surface area contributed by atoms with Gasteiger partial charge in [-0.3, -0.25) is 9.48 Å². The zero-order valence-electron chi connectivity index (χ0n) is 11.9. The topological polar surface area (TPSA) is 46.9 Å². The molecule has 20 heavy (non-hydrogen) atoms. The van der Waals surface area contributed by atoms with Crippen molar-refractivity contribution in [3.8, 4) is 0 Å². The number of nitrogens with one attached hydrogen (secondary N) is 1. The third-order valence-corrected chi connectivity index (χ3v) is 3.67. The molecule has 1 heterocycles. The third kappa shape index (κ3) is 3.10. The predicted octanol–water partition coefficient (Wildman–Crippen LogP) is 3.79. The molecule has 0 aliphatic rings. The van der Waals surface area contributed by atoms with Crippen LogP contribution in [0.5, 0.6) is 0 Å². The van der Waals surface area contributed by atoms with Crippen LogP contribution in [0.3, 0.4) is 0 Å². The first-order valence-electron chi connectivity index (χ1n) is 6.69. The van der Waals surface area contributed by atoms with E-state index in [1.807, 2.05) is 45.0 Å². The summed E-state index contributed by atoms with van der Waals surface area (Å²) in [5.74, 6) is -0.125. The lowest BCUT2D eigenvalue weighted by Crippen LogP contribution is -2.17. The van der Waals surface area contributed by atoms with Crippen molar-refractivity contribution in [3.63, 3.8) is 0 Å². The molecule has 1 aromatic heterocycles. The summed E-state index contributed by atoms with van der Waals surface area (Å²) in [5, 5.41) is 7.35. The van der Waals surface area contributed by atoms with E-state index in [4.69, 9.17) is 0 Å². The van der Waals surface area contributed by atoms with Crippen molar-refractivity contribution in [2.75, 3.05) is 5.32 Å². The van der Waals surface area contributed by atoms with Gasteiger partial charge in [0, 0.05) is 16.7 Å². The number of amides is 1. The second-order valence-electron chi connectivity index (χ2n) is 4.60. The first-order chi connectivity index (χ1) is 9.55. The highest BCUT2D eigenvalue weighted by molar-refractivity contribution is 9.10. The zero-order chi connectivity index (χ0) is 14.7. The van der Waals surface area contributed by atoms with Crippen molar-refractivity contribution in [1.29, 1.82) is 0 Å². The maximum absolute atomic E-state index is 12.4. The smallest absolute Gasteiger partial charge is 0.273 e. The lowest BCUT2D eigenvalue weighted by Gasteiger charge is -2.09. The minimum atomic E-state index is -0.125. The van der Waals surface area contributed by atoms with Crippen LogP contribution in [0, 0.1) is 6.92 Å². The van der Waals surface area contributed by atoms with Crippen molar-refractivity contribution in [1.82, 2.24) is 9.78 Å². The second kappa shape index (κ2) is 6.22. The molecule has 1 aromatic carbocycles. The maximum Gasteiger partial charge on any atom is 0.273 e. The molecule has 5 heteroatoms. The molecule has 4 nitrogen and oxygen atoms in total. The van der Waals surface area contributed by atoms with E-state index >= 15 is 0 Å². The molecular formula is C15H18BrN3O. The first kappa shape index (κ1) is 14.8. The molecule has 2 aromatic rings. The van der Waals surface area contributed by atoms with Crippen LogP contribution in [0.25, 0.3) is 0 Å². The molecule has 0 radical (unpaired) electrons. The Morgan fingerprint density at radius 2 is 2.10 bits per heavy atom. The Morgan fingerprint density at radius 1 is 1.35 bits per heavy atom. The predicted molar refractivity (Wildman–Crippen MR) is 84.1 cm³/mol. The molecule has 0 aliphatic heterocycles. The Balaban J connectivity index is 2.28. The maximum atomic E-state index is 12.4. The van der Waals surface area contributed by atoms with Gasteiger partial charge in [-0.05, 0) is 44.0 Å². The Labute approximate surface area is 127 Å². The Bertz CT molecular complexity index is 634. The molecule has 106 valence electrons. The van der Waals surface area contributed by atoms with E-state index in [0.717, 1.165) is 27.8 Å². The van der Waals surface area contributed by atoms with Crippen LogP contribution in [0.4, 0.5) is 5.69 Å². The fourth-order valence-electron chi connectivity index (χ4n) is 1.98. The van der Waals surface area contributed by atoms with E-state index in [1.165, 1.54) is 0 Å². The molecule has 1 N–H and O–H groups in total. The summed E-state index contributed by atoms with van der Waals surface area (Å²) < 4.78 is 2.68. The molecule has 0 saturated heterocycles. The van der Waals surface area contributed by atoms with E-state index in [-0.39, 0.29) is 5.91 Å². The molecule has 1 amide bonds. The van der Waals surface area contributed by atoms with Gasteiger partial charge in [-0.25, -0.2) is 0 Å². The highest BCUT2D eigenvalue weighted by atomic mass is 79.9. The van der Waals surface area contributed by atoms with E-state index < -0.39 is 0 Å². The number of anilines is 1. The summed E-state index contributed by atoms with van der Waals surface area (Å²) in [6.45, 7) is 6.66. The summed E-state index contributed by atoms with van der Waals surface area (Å²) >= 11 is 3.42. The van der Waals surface area contributed by atoms with Gasteiger partial charge in [-0.1, -0.05) is 28.9 Å². The molecule has 0 unspecified atom stereocenters. The molecule has 0 atom stereocenters. The van der Waals surface area contributed by atoms with Gasteiger partial charge in [0.1, 0.15) is 5.69 Å². The fraction of sp³-hybridized carbons (Fsp3) is 0.333. The molecule has 0 fully saturated rings. The first-order valence-corrected chi connectivity index (χ1v) is 7.48. The van der Waals surface area contributed by atoms with Crippen LogP contribution in [0.1, 0.15) is 35.6 Å². The van der Waals surface area contributed by atoms with E-state index in [1.54, 1.807) is 4.68 Å². The quantitative estimate of drug-likeness (QED) is 0.923. The second-order valence-corrected chi connectivity index (χ2v) is 5.52. The van der Waals surface area contributed by atoms with E-state index in [0.29, 0.717) is 12.2 Å². The van der Waals surface area contributed by atoms with Gasteiger partial charge in [0.25, 0.3) is 5.91 Å². The standard InChI is InChI=1S/C15H18BrN3O/c1-4-12-9-14(19(5-2)18-12)15(20)17-13-8-11(16)7-6-10(13)3/h6-9H,4-5H2,1-3H3,(H,17,20). The van der Waals surface area contributed by atoms with Gasteiger partial charge in [0.15, 0.2) is 0 Å². The van der Waals surface area contributed by atoms with Crippen molar-refractivity contribution in [3.05, 3.63) is 45.7 Å². The van der Waals surface area contributed by atoms with Gasteiger partial charge < -0.3 is 5.32 Å².